The molecule has 0 atom stereocenters. The molecule has 20 heavy (non-hydrogen) atoms. The molecule has 3 rings (SSSR count). The number of pyridine rings is 1. The molecule has 0 fully saturated rings. The van der Waals surface area contributed by atoms with Gasteiger partial charge in [-0.15, -0.1) is 0 Å². The summed E-state index contributed by atoms with van der Waals surface area (Å²) in [6, 6.07) is 11.7. The van der Waals surface area contributed by atoms with Gasteiger partial charge in [0.15, 0.2) is 0 Å². The first-order valence-electron chi connectivity index (χ1n) is 6.21. The number of rotatable bonds is 2. The van der Waals surface area contributed by atoms with E-state index in [1.54, 1.807) is 17.8 Å². The lowest BCUT2D eigenvalue weighted by Gasteiger charge is -2.08. The number of aryl methyl sites for hydroxylation is 2. The van der Waals surface area contributed by atoms with Crippen LogP contribution in [0.4, 0.5) is 0 Å². The fourth-order valence-corrected chi connectivity index (χ4v) is 2.95. The van der Waals surface area contributed by atoms with Crippen molar-refractivity contribution in [2.45, 2.75) is 16.7 Å². The molecule has 3 aromatic rings. The highest BCUT2D eigenvalue weighted by molar-refractivity contribution is 7.99. The Morgan fingerprint density at radius 2 is 1.95 bits per heavy atom. The molecule has 0 spiro atoms. The zero-order valence-electron chi connectivity index (χ0n) is 11.2. The normalized spacial score (nSPS) is 10.9. The van der Waals surface area contributed by atoms with Crippen LogP contribution in [0.1, 0.15) is 5.82 Å². The number of benzene rings is 1. The second kappa shape index (κ2) is 5.09. The maximum Gasteiger partial charge on any atom is 0.265 e. The number of aromatic nitrogens is 3. The van der Waals surface area contributed by atoms with Crippen LogP contribution in [-0.4, -0.2) is 14.5 Å². The lowest BCUT2D eigenvalue weighted by atomic mass is 10.3. The van der Waals surface area contributed by atoms with E-state index in [2.05, 4.69) is 9.97 Å². The molecule has 0 unspecified atom stereocenters. The Morgan fingerprint density at radius 1 is 1.20 bits per heavy atom. The van der Waals surface area contributed by atoms with Crippen molar-refractivity contribution in [1.82, 2.24) is 14.5 Å². The van der Waals surface area contributed by atoms with Crippen molar-refractivity contribution in [2.75, 3.05) is 0 Å². The summed E-state index contributed by atoms with van der Waals surface area (Å²) in [6.45, 7) is 1.82. The van der Waals surface area contributed by atoms with Crippen LogP contribution < -0.4 is 5.56 Å². The molecule has 0 radical (unpaired) electrons. The van der Waals surface area contributed by atoms with Gasteiger partial charge in [-0.2, -0.15) is 0 Å². The van der Waals surface area contributed by atoms with Crippen molar-refractivity contribution in [3.63, 3.8) is 0 Å². The Labute approximate surface area is 120 Å². The molecule has 1 aromatic carbocycles. The quantitative estimate of drug-likeness (QED) is 0.725. The van der Waals surface area contributed by atoms with Crippen molar-refractivity contribution < 1.29 is 0 Å². The molecule has 0 saturated heterocycles. The van der Waals surface area contributed by atoms with Crippen LogP contribution in [0.3, 0.4) is 0 Å². The Balaban J connectivity index is 2.15. The maximum absolute atomic E-state index is 12.4. The van der Waals surface area contributed by atoms with Crippen LogP contribution in [0.15, 0.2) is 57.2 Å². The van der Waals surface area contributed by atoms with Crippen LogP contribution in [0, 0.1) is 6.92 Å². The largest absolute Gasteiger partial charge is 0.295 e. The Morgan fingerprint density at radius 3 is 2.70 bits per heavy atom. The van der Waals surface area contributed by atoms with Crippen LogP contribution in [-0.2, 0) is 7.05 Å². The third-order valence-corrected chi connectivity index (χ3v) is 4.03. The summed E-state index contributed by atoms with van der Waals surface area (Å²) in [4.78, 5) is 22.6. The standard InChI is InChI=1S/C15H13N3OS/c1-10-16-9-11-8-13(15(19)18(2)14(11)17-10)20-12-6-4-3-5-7-12/h3-9H,1-2H3. The molecule has 2 heterocycles. The number of fused-ring (bicyclic) bond motifs is 1. The third kappa shape index (κ3) is 2.32. The second-order valence-electron chi connectivity index (χ2n) is 4.48. The van der Waals surface area contributed by atoms with Gasteiger partial charge in [-0.1, -0.05) is 30.0 Å². The van der Waals surface area contributed by atoms with Gasteiger partial charge in [0.2, 0.25) is 0 Å². The van der Waals surface area contributed by atoms with E-state index in [0.717, 1.165) is 10.3 Å². The first kappa shape index (κ1) is 12.9. The van der Waals surface area contributed by atoms with Gasteiger partial charge in [-0.05, 0) is 25.1 Å². The van der Waals surface area contributed by atoms with Gasteiger partial charge in [0.05, 0.1) is 4.90 Å². The smallest absolute Gasteiger partial charge is 0.265 e. The SMILES string of the molecule is Cc1ncc2cc(Sc3ccccc3)c(=O)n(C)c2n1. The fourth-order valence-electron chi connectivity index (χ4n) is 1.99. The zero-order chi connectivity index (χ0) is 14.1. The Kier molecular flexibility index (Phi) is 3.28. The Bertz CT molecular complexity index is 828. The number of nitrogens with zero attached hydrogens (tertiary/aromatic N) is 3. The van der Waals surface area contributed by atoms with Gasteiger partial charge in [-0.3, -0.25) is 9.36 Å². The van der Waals surface area contributed by atoms with E-state index in [1.165, 1.54) is 11.8 Å². The van der Waals surface area contributed by atoms with Crippen molar-refractivity contribution >= 4 is 22.8 Å². The first-order valence-corrected chi connectivity index (χ1v) is 7.03. The molecule has 0 bridgehead atoms. The molecule has 0 aliphatic heterocycles. The van der Waals surface area contributed by atoms with Crippen molar-refractivity contribution in [3.05, 3.63) is 58.8 Å². The predicted molar refractivity (Wildman–Crippen MR) is 80.1 cm³/mol. The molecule has 100 valence electrons. The van der Waals surface area contributed by atoms with Crippen molar-refractivity contribution in [3.8, 4) is 0 Å². The maximum atomic E-state index is 12.4. The minimum absolute atomic E-state index is 0.0375. The van der Waals surface area contributed by atoms with E-state index >= 15 is 0 Å². The predicted octanol–water partition coefficient (Wildman–Crippen LogP) is 2.79. The lowest BCUT2D eigenvalue weighted by Crippen LogP contribution is -2.19. The summed E-state index contributed by atoms with van der Waals surface area (Å²) in [6.07, 6.45) is 1.76. The van der Waals surface area contributed by atoms with E-state index in [-0.39, 0.29) is 5.56 Å². The zero-order valence-corrected chi connectivity index (χ0v) is 12.0. The molecular formula is C15H13N3OS. The van der Waals surface area contributed by atoms with E-state index in [0.29, 0.717) is 16.4 Å². The topological polar surface area (TPSA) is 47.8 Å². The minimum atomic E-state index is -0.0375. The average molecular weight is 283 g/mol. The molecule has 0 N–H and O–H groups in total. The lowest BCUT2D eigenvalue weighted by molar-refractivity contribution is 0.850. The summed E-state index contributed by atoms with van der Waals surface area (Å²) in [5.74, 6) is 0.663. The highest BCUT2D eigenvalue weighted by Gasteiger charge is 2.09. The van der Waals surface area contributed by atoms with Gasteiger partial charge in [-0.25, -0.2) is 9.97 Å². The average Bonchev–Trinajstić information content (AvgIpc) is 2.46. The molecule has 0 aliphatic rings. The van der Waals surface area contributed by atoms with E-state index in [4.69, 9.17) is 0 Å². The molecule has 0 amide bonds. The molecule has 0 aliphatic carbocycles. The third-order valence-electron chi connectivity index (χ3n) is 3.01. The Hall–Kier alpha value is -2.14. The van der Waals surface area contributed by atoms with Crippen LogP contribution in [0.25, 0.3) is 11.0 Å². The van der Waals surface area contributed by atoms with Crippen LogP contribution in [0.5, 0.6) is 0 Å². The highest BCUT2D eigenvalue weighted by atomic mass is 32.2. The fraction of sp³-hybridized carbons (Fsp3) is 0.133. The van der Waals surface area contributed by atoms with Gasteiger partial charge >= 0.3 is 0 Å². The van der Waals surface area contributed by atoms with Crippen molar-refractivity contribution in [1.29, 1.82) is 0 Å². The minimum Gasteiger partial charge on any atom is -0.295 e. The van der Waals surface area contributed by atoms with Crippen LogP contribution in [0.2, 0.25) is 0 Å². The monoisotopic (exact) mass is 283 g/mol. The first-order chi connectivity index (χ1) is 9.65. The van der Waals surface area contributed by atoms with Gasteiger partial charge in [0, 0.05) is 23.5 Å². The van der Waals surface area contributed by atoms with E-state index in [9.17, 15) is 4.79 Å². The summed E-state index contributed by atoms with van der Waals surface area (Å²) in [5, 5.41) is 0.871. The van der Waals surface area contributed by atoms with Gasteiger partial charge in [0.25, 0.3) is 5.56 Å². The molecular weight excluding hydrogens is 270 g/mol. The van der Waals surface area contributed by atoms with Gasteiger partial charge < -0.3 is 0 Å². The highest BCUT2D eigenvalue weighted by Crippen LogP contribution is 2.26. The summed E-state index contributed by atoms with van der Waals surface area (Å²) < 4.78 is 1.58. The number of hydrogen-bond acceptors (Lipinski definition) is 4. The second-order valence-corrected chi connectivity index (χ2v) is 5.60. The van der Waals surface area contributed by atoms with Gasteiger partial charge in [0.1, 0.15) is 11.5 Å². The van der Waals surface area contributed by atoms with Crippen molar-refractivity contribution in [2.24, 2.45) is 7.05 Å². The molecule has 2 aromatic heterocycles. The van der Waals surface area contributed by atoms with Crippen LogP contribution >= 0.6 is 11.8 Å². The summed E-state index contributed by atoms with van der Waals surface area (Å²) in [7, 11) is 1.74. The molecule has 4 nitrogen and oxygen atoms in total. The summed E-state index contributed by atoms with van der Waals surface area (Å²) >= 11 is 1.46. The molecule has 0 saturated carbocycles. The number of hydrogen-bond donors (Lipinski definition) is 0. The van der Waals surface area contributed by atoms with E-state index < -0.39 is 0 Å². The summed E-state index contributed by atoms with van der Waals surface area (Å²) in [5.41, 5.74) is 0.629. The molecule has 5 heteroatoms. The van der Waals surface area contributed by atoms with E-state index in [1.807, 2.05) is 43.3 Å².